The van der Waals surface area contributed by atoms with Crippen LogP contribution in [0.5, 0.6) is 11.5 Å². The minimum absolute atomic E-state index is 0.377. The van der Waals surface area contributed by atoms with Crippen LogP contribution in [0.2, 0.25) is 0 Å². The van der Waals surface area contributed by atoms with Crippen molar-refractivity contribution >= 4 is 5.82 Å². The zero-order valence-corrected chi connectivity index (χ0v) is 11.3. The number of hydrogen-bond acceptors (Lipinski definition) is 5. The first kappa shape index (κ1) is 12.5. The van der Waals surface area contributed by atoms with Crippen molar-refractivity contribution in [2.24, 2.45) is 0 Å². The van der Waals surface area contributed by atoms with Crippen LogP contribution in [-0.4, -0.2) is 30.7 Å². The maximum atomic E-state index is 11.7. The van der Waals surface area contributed by atoms with E-state index in [0.29, 0.717) is 17.3 Å². The molecule has 20 heavy (non-hydrogen) atoms. The average Bonchev–Trinajstić information content (AvgIpc) is 2.93. The molecule has 2 N–H and O–H groups in total. The van der Waals surface area contributed by atoms with Gasteiger partial charge in [0.1, 0.15) is 17.3 Å². The lowest BCUT2D eigenvalue weighted by Gasteiger charge is -2.12. The fraction of sp³-hybridized carbons (Fsp3) is 0.286. The zero-order chi connectivity index (χ0) is 14.1. The van der Waals surface area contributed by atoms with Gasteiger partial charge in [-0.2, -0.15) is 4.98 Å². The molecule has 1 aromatic carbocycles. The number of ether oxygens (including phenoxy) is 2. The monoisotopic (exact) mass is 273 g/mol. The molecule has 0 bridgehead atoms. The first-order valence-corrected chi connectivity index (χ1v) is 6.32. The quantitative estimate of drug-likeness (QED) is 0.884. The predicted octanol–water partition coefficient (Wildman–Crippen LogP) is 1.42. The molecule has 0 atom stereocenters. The van der Waals surface area contributed by atoms with E-state index in [-0.39, 0.29) is 5.69 Å². The second-order valence-corrected chi connectivity index (χ2v) is 4.49. The third-order valence-corrected chi connectivity index (χ3v) is 3.38. The molecule has 0 radical (unpaired) electrons. The van der Waals surface area contributed by atoms with Crippen molar-refractivity contribution < 1.29 is 9.47 Å². The van der Waals surface area contributed by atoms with Gasteiger partial charge in [-0.05, 0) is 24.6 Å². The van der Waals surface area contributed by atoms with Crippen LogP contribution in [0.4, 0.5) is 5.82 Å². The van der Waals surface area contributed by atoms with Gasteiger partial charge in [-0.1, -0.05) is 0 Å². The lowest BCUT2D eigenvalue weighted by atomic mass is 10.0. The number of rotatable bonds is 3. The van der Waals surface area contributed by atoms with Crippen LogP contribution in [0, 0.1) is 0 Å². The first-order valence-electron chi connectivity index (χ1n) is 6.32. The Hall–Kier alpha value is -2.50. The van der Waals surface area contributed by atoms with Crippen LogP contribution in [0.25, 0.3) is 11.3 Å². The number of fused-ring (bicyclic) bond motifs is 1. The van der Waals surface area contributed by atoms with Gasteiger partial charge < -0.3 is 19.8 Å². The van der Waals surface area contributed by atoms with Gasteiger partial charge in [-0.3, -0.25) is 0 Å². The number of hydrogen-bond donors (Lipinski definition) is 2. The lowest BCUT2D eigenvalue weighted by Crippen LogP contribution is -2.13. The molecular weight excluding hydrogens is 258 g/mol. The molecule has 2 aromatic rings. The molecule has 0 fully saturated rings. The number of methoxy groups -OCH3 is 2. The molecule has 0 unspecified atom stereocenters. The summed E-state index contributed by atoms with van der Waals surface area (Å²) in [7, 11) is 3.20. The third kappa shape index (κ3) is 1.99. The van der Waals surface area contributed by atoms with E-state index in [9.17, 15) is 4.79 Å². The SMILES string of the molecule is COc1ccc(OC)c(-c2[nH]c(=O)nc3c2CCN3)c1. The molecule has 6 heteroatoms. The Balaban J connectivity index is 2.25. The molecule has 3 rings (SSSR count). The van der Waals surface area contributed by atoms with Crippen molar-refractivity contribution in [2.45, 2.75) is 6.42 Å². The largest absolute Gasteiger partial charge is 0.497 e. The number of aromatic nitrogens is 2. The molecule has 1 aliphatic rings. The van der Waals surface area contributed by atoms with Crippen molar-refractivity contribution in [3.8, 4) is 22.8 Å². The molecule has 1 aliphatic heterocycles. The number of nitrogens with zero attached hydrogens (tertiary/aromatic N) is 1. The highest BCUT2D eigenvalue weighted by Crippen LogP contribution is 2.36. The highest BCUT2D eigenvalue weighted by Gasteiger charge is 2.21. The number of anilines is 1. The Labute approximate surface area is 115 Å². The van der Waals surface area contributed by atoms with E-state index in [1.807, 2.05) is 18.2 Å². The van der Waals surface area contributed by atoms with Crippen LogP contribution < -0.4 is 20.5 Å². The van der Waals surface area contributed by atoms with Gasteiger partial charge in [0.05, 0.1) is 19.9 Å². The van der Waals surface area contributed by atoms with Crippen LogP contribution in [0.1, 0.15) is 5.56 Å². The number of H-pyrrole nitrogens is 1. The minimum Gasteiger partial charge on any atom is -0.497 e. The van der Waals surface area contributed by atoms with Crippen molar-refractivity contribution in [3.63, 3.8) is 0 Å². The van der Waals surface area contributed by atoms with Gasteiger partial charge >= 0.3 is 5.69 Å². The third-order valence-electron chi connectivity index (χ3n) is 3.38. The van der Waals surface area contributed by atoms with Crippen molar-refractivity contribution in [1.29, 1.82) is 0 Å². The molecule has 0 saturated heterocycles. The van der Waals surface area contributed by atoms with Crippen LogP contribution in [0.15, 0.2) is 23.0 Å². The van der Waals surface area contributed by atoms with E-state index < -0.39 is 0 Å². The predicted molar refractivity (Wildman–Crippen MR) is 75.6 cm³/mol. The Kier molecular flexibility index (Phi) is 3.06. The van der Waals surface area contributed by atoms with Gasteiger partial charge in [-0.15, -0.1) is 0 Å². The second kappa shape index (κ2) is 4.88. The number of nitrogens with one attached hydrogen (secondary N) is 2. The van der Waals surface area contributed by atoms with Crippen molar-refractivity contribution in [1.82, 2.24) is 9.97 Å². The summed E-state index contributed by atoms with van der Waals surface area (Å²) >= 11 is 0. The van der Waals surface area contributed by atoms with E-state index in [1.165, 1.54) is 0 Å². The van der Waals surface area contributed by atoms with Gasteiger partial charge in [0, 0.05) is 17.7 Å². The zero-order valence-electron chi connectivity index (χ0n) is 11.3. The standard InChI is InChI=1S/C14H15N3O3/c1-19-8-3-4-11(20-2)10(7-8)12-9-5-6-15-13(9)17-14(18)16-12/h3-4,7H,5-6H2,1-2H3,(H2,15,16,17,18). The molecule has 0 saturated carbocycles. The molecule has 0 aliphatic carbocycles. The van der Waals surface area contributed by atoms with E-state index in [4.69, 9.17) is 9.47 Å². The van der Waals surface area contributed by atoms with Gasteiger partial charge in [0.25, 0.3) is 0 Å². The normalized spacial score (nSPS) is 12.7. The summed E-state index contributed by atoms with van der Waals surface area (Å²) in [6.07, 6.45) is 0.814. The van der Waals surface area contributed by atoms with E-state index in [0.717, 1.165) is 29.8 Å². The van der Waals surface area contributed by atoms with Crippen LogP contribution in [0.3, 0.4) is 0 Å². The van der Waals surface area contributed by atoms with Gasteiger partial charge in [0.2, 0.25) is 0 Å². The molecule has 2 heterocycles. The number of aromatic amines is 1. The molecule has 1 aromatic heterocycles. The van der Waals surface area contributed by atoms with E-state index in [1.54, 1.807) is 14.2 Å². The summed E-state index contributed by atoms with van der Waals surface area (Å²) in [5, 5.41) is 3.11. The first-order chi connectivity index (χ1) is 9.72. The summed E-state index contributed by atoms with van der Waals surface area (Å²) in [4.78, 5) is 18.5. The second-order valence-electron chi connectivity index (χ2n) is 4.49. The Morgan fingerprint density at radius 2 is 2.10 bits per heavy atom. The molecule has 104 valence electrons. The summed E-state index contributed by atoms with van der Waals surface area (Å²) in [6.45, 7) is 0.777. The fourth-order valence-corrected chi connectivity index (χ4v) is 2.43. The van der Waals surface area contributed by atoms with E-state index in [2.05, 4.69) is 15.3 Å². The molecular formula is C14H15N3O3. The highest BCUT2D eigenvalue weighted by molar-refractivity contribution is 5.75. The van der Waals surface area contributed by atoms with Crippen molar-refractivity contribution in [3.05, 3.63) is 34.2 Å². The highest BCUT2D eigenvalue weighted by atomic mass is 16.5. The topological polar surface area (TPSA) is 76.2 Å². The maximum absolute atomic E-state index is 11.7. The van der Waals surface area contributed by atoms with Crippen LogP contribution >= 0.6 is 0 Å². The summed E-state index contributed by atoms with van der Waals surface area (Å²) in [6, 6.07) is 5.49. The maximum Gasteiger partial charge on any atom is 0.347 e. The summed E-state index contributed by atoms with van der Waals surface area (Å²) < 4.78 is 10.6. The smallest absolute Gasteiger partial charge is 0.347 e. The average molecular weight is 273 g/mol. The molecule has 0 spiro atoms. The Morgan fingerprint density at radius 1 is 1.25 bits per heavy atom. The van der Waals surface area contributed by atoms with Crippen LogP contribution in [-0.2, 0) is 6.42 Å². The Bertz CT molecular complexity index is 709. The van der Waals surface area contributed by atoms with E-state index >= 15 is 0 Å². The van der Waals surface area contributed by atoms with Crippen molar-refractivity contribution in [2.75, 3.05) is 26.1 Å². The molecule has 0 amide bonds. The minimum atomic E-state index is -0.377. The van der Waals surface area contributed by atoms with Gasteiger partial charge in [0.15, 0.2) is 0 Å². The molecule has 6 nitrogen and oxygen atoms in total. The van der Waals surface area contributed by atoms with Gasteiger partial charge in [-0.25, -0.2) is 4.79 Å². The summed E-state index contributed by atoms with van der Waals surface area (Å²) in [5.41, 5.74) is 2.15. The lowest BCUT2D eigenvalue weighted by molar-refractivity contribution is 0.404. The Morgan fingerprint density at radius 3 is 2.85 bits per heavy atom. The fourth-order valence-electron chi connectivity index (χ4n) is 2.43. The number of benzene rings is 1. The summed E-state index contributed by atoms with van der Waals surface area (Å²) in [5.74, 6) is 2.04.